The molecule has 2 aromatic carbocycles. The number of hydrogen-bond acceptors (Lipinski definition) is 5. The fourth-order valence-electron chi connectivity index (χ4n) is 3.67. The van der Waals surface area contributed by atoms with E-state index in [0.29, 0.717) is 39.1 Å². The van der Waals surface area contributed by atoms with Crippen molar-refractivity contribution in [2.24, 2.45) is 0 Å². The average molecular weight is 446 g/mol. The molecule has 1 saturated heterocycles. The second-order valence-corrected chi connectivity index (χ2v) is 9.34. The number of para-hydroxylation sites is 2. The van der Waals surface area contributed by atoms with Crippen molar-refractivity contribution in [1.29, 1.82) is 0 Å². The first-order chi connectivity index (χ1) is 15.0. The highest BCUT2D eigenvalue weighted by atomic mass is 32.2. The van der Waals surface area contributed by atoms with Gasteiger partial charge in [0.25, 0.3) is 0 Å². The summed E-state index contributed by atoms with van der Waals surface area (Å²) in [4.78, 5) is 15.1. The average Bonchev–Trinajstić information content (AvgIpc) is 2.79. The van der Waals surface area contributed by atoms with E-state index >= 15 is 0 Å². The van der Waals surface area contributed by atoms with Crippen LogP contribution in [-0.4, -0.2) is 58.0 Å². The Morgan fingerprint density at radius 2 is 1.68 bits per heavy atom. The van der Waals surface area contributed by atoms with Crippen LogP contribution in [0.1, 0.15) is 25.8 Å². The van der Waals surface area contributed by atoms with Gasteiger partial charge >= 0.3 is 0 Å². The van der Waals surface area contributed by atoms with Gasteiger partial charge in [-0.3, -0.25) is 4.79 Å². The van der Waals surface area contributed by atoms with Gasteiger partial charge in [0.1, 0.15) is 0 Å². The summed E-state index contributed by atoms with van der Waals surface area (Å²) in [6, 6.07) is 14.6. The molecule has 1 aliphatic rings. The van der Waals surface area contributed by atoms with Crippen molar-refractivity contribution >= 4 is 27.3 Å². The molecule has 0 unspecified atom stereocenters. The van der Waals surface area contributed by atoms with Crippen LogP contribution in [0.25, 0.3) is 0 Å². The van der Waals surface area contributed by atoms with E-state index in [-0.39, 0.29) is 10.8 Å². The summed E-state index contributed by atoms with van der Waals surface area (Å²) in [5, 5.41) is 3.02. The van der Waals surface area contributed by atoms with Gasteiger partial charge in [-0.1, -0.05) is 38.1 Å². The monoisotopic (exact) mass is 445 g/mol. The van der Waals surface area contributed by atoms with Crippen LogP contribution in [0.4, 0.5) is 11.4 Å². The molecule has 3 rings (SSSR count). The first-order valence-electron chi connectivity index (χ1n) is 10.8. The molecule has 0 spiro atoms. The summed E-state index contributed by atoms with van der Waals surface area (Å²) in [5.74, 6) is -0.0689. The van der Waals surface area contributed by atoms with Crippen molar-refractivity contribution in [2.45, 2.75) is 31.6 Å². The fourth-order valence-corrected chi connectivity index (χ4v) is 5.13. The molecule has 1 aliphatic heterocycles. The molecule has 1 amide bonds. The third-order valence-corrected chi connectivity index (χ3v) is 7.50. The Balaban J connectivity index is 1.59. The smallest absolute Gasteiger partial charge is 0.243 e. The number of nitrogens with one attached hydrogen (secondary N) is 1. The fraction of sp³-hybridized carbons (Fsp3) is 0.435. The van der Waals surface area contributed by atoms with Gasteiger partial charge in [-0.25, -0.2) is 8.42 Å². The highest BCUT2D eigenvalue weighted by molar-refractivity contribution is 7.89. The summed E-state index contributed by atoms with van der Waals surface area (Å²) in [7, 11) is -3.46. The Kier molecular flexibility index (Phi) is 8.06. The Morgan fingerprint density at radius 3 is 2.32 bits per heavy atom. The van der Waals surface area contributed by atoms with Crippen LogP contribution in [0.3, 0.4) is 0 Å². The number of rotatable bonds is 9. The number of morpholine rings is 1. The summed E-state index contributed by atoms with van der Waals surface area (Å²) in [6.45, 7) is 7.49. The standard InChI is InChI=1S/C23H31N3O4S/c1-3-26(4-2)31(28,29)20-12-9-19(10-13-20)11-14-23(27)24-21-7-5-6-8-22(21)25-15-17-30-18-16-25/h5-10,12-13H,3-4,11,14-18H2,1-2H3,(H,24,27). The number of carbonyl (C=O) groups excluding carboxylic acids is 1. The normalized spacial score (nSPS) is 14.6. The van der Waals surface area contributed by atoms with Gasteiger partial charge in [-0.2, -0.15) is 4.31 Å². The zero-order valence-electron chi connectivity index (χ0n) is 18.2. The third kappa shape index (κ3) is 5.84. The molecule has 0 aromatic heterocycles. The highest BCUT2D eigenvalue weighted by Gasteiger charge is 2.21. The maximum atomic E-state index is 12.6. The molecule has 7 nitrogen and oxygen atoms in total. The lowest BCUT2D eigenvalue weighted by Gasteiger charge is -2.30. The number of benzene rings is 2. The van der Waals surface area contributed by atoms with Crippen LogP contribution >= 0.6 is 0 Å². The molecule has 8 heteroatoms. The summed E-state index contributed by atoms with van der Waals surface area (Å²) in [5.41, 5.74) is 2.73. The van der Waals surface area contributed by atoms with Gasteiger partial charge in [0.2, 0.25) is 15.9 Å². The summed E-state index contributed by atoms with van der Waals surface area (Å²) in [6.07, 6.45) is 0.858. The predicted molar refractivity (Wildman–Crippen MR) is 123 cm³/mol. The van der Waals surface area contributed by atoms with E-state index in [9.17, 15) is 13.2 Å². The molecule has 1 fully saturated rings. The van der Waals surface area contributed by atoms with Crippen molar-refractivity contribution in [3.8, 4) is 0 Å². The first kappa shape index (κ1) is 23.2. The van der Waals surface area contributed by atoms with Gasteiger partial charge < -0.3 is 15.0 Å². The number of carbonyl (C=O) groups is 1. The lowest BCUT2D eigenvalue weighted by molar-refractivity contribution is -0.116. The van der Waals surface area contributed by atoms with Crippen molar-refractivity contribution in [3.63, 3.8) is 0 Å². The van der Waals surface area contributed by atoms with E-state index in [1.165, 1.54) is 4.31 Å². The molecule has 1 heterocycles. The number of anilines is 2. The van der Waals surface area contributed by atoms with E-state index < -0.39 is 10.0 Å². The molecule has 1 N–H and O–H groups in total. The molecule has 31 heavy (non-hydrogen) atoms. The number of hydrogen-bond donors (Lipinski definition) is 1. The topological polar surface area (TPSA) is 79.0 Å². The van der Waals surface area contributed by atoms with Crippen LogP contribution in [0.2, 0.25) is 0 Å². The van der Waals surface area contributed by atoms with E-state index in [0.717, 1.165) is 30.0 Å². The van der Waals surface area contributed by atoms with Gasteiger partial charge in [0.05, 0.1) is 29.5 Å². The van der Waals surface area contributed by atoms with Gasteiger partial charge in [0, 0.05) is 32.6 Å². The number of aryl methyl sites for hydroxylation is 1. The highest BCUT2D eigenvalue weighted by Crippen LogP contribution is 2.26. The second-order valence-electron chi connectivity index (χ2n) is 7.40. The lowest BCUT2D eigenvalue weighted by atomic mass is 10.1. The van der Waals surface area contributed by atoms with Gasteiger partial charge in [0.15, 0.2) is 0 Å². The van der Waals surface area contributed by atoms with Crippen LogP contribution in [0.5, 0.6) is 0 Å². The number of amides is 1. The molecule has 168 valence electrons. The molecule has 0 saturated carbocycles. The van der Waals surface area contributed by atoms with E-state index in [2.05, 4.69) is 10.2 Å². The largest absolute Gasteiger partial charge is 0.378 e. The Morgan fingerprint density at radius 1 is 1.03 bits per heavy atom. The minimum Gasteiger partial charge on any atom is -0.378 e. The summed E-state index contributed by atoms with van der Waals surface area (Å²) < 4.78 is 32.0. The number of sulfonamides is 1. The number of nitrogens with zero attached hydrogens (tertiary/aromatic N) is 2. The zero-order valence-corrected chi connectivity index (χ0v) is 19.0. The number of ether oxygens (including phenoxy) is 1. The maximum Gasteiger partial charge on any atom is 0.243 e. The minimum absolute atomic E-state index is 0.0689. The van der Waals surface area contributed by atoms with Crippen LogP contribution in [-0.2, 0) is 26.0 Å². The first-order valence-corrected chi connectivity index (χ1v) is 12.2. The summed E-state index contributed by atoms with van der Waals surface area (Å²) >= 11 is 0. The van der Waals surface area contributed by atoms with E-state index in [1.807, 2.05) is 38.1 Å². The molecule has 2 aromatic rings. The van der Waals surface area contributed by atoms with E-state index in [4.69, 9.17) is 4.74 Å². The Bertz CT molecular complexity index is 967. The minimum atomic E-state index is -3.46. The molecule has 0 bridgehead atoms. The maximum absolute atomic E-state index is 12.6. The molecule has 0 radical (unpaired) electrons. The molecular weight excluding hydrogens is 414 g/mol. The third-order valence-electron chi connectivity index (χ3n) is 5.44. The van der Waals surface area contributed by atoms with Crippen molar-refractivity contribution in [3.05, 3.63) is 54.1 Å². The van der Waals surface area contributed by atoms with Crippen LogP contribution in [0, 0.1) is 0 Å². The molecule has 0 atom stereocenters. The SMILES string of the molecule is CCN(CC)S(=O)(=O)c1ccc(CCC(=O)Nc2ccccc2N2CCOCC2)cc1. The van der Waals surface area contributed by atoms with Crippen molar-refractivity contribution in [2.75, 3.05) is 49.6 Å². The van der Waals surface area contributed by atoms with Gasteiger partial charge in [-0.05, 0) is 36.2 Å². The van der Waals surface area contributed by atoms with Crippen LogP contribution < -0.4 is 10.2 Å². The molecular formula is C23H31N3O4S. The van der Waals surface area contributed by atoms with Gasteiger partial charge in [-0.15, -0.1) is 0 Å². The quantitative estimate of drug-likeness (QED) is 0.642. The Hall–Kier alpha value is -2.42. The van der Waals surface area contributed by atoms with Crippen molar-refractivity contribution < 1.29 is 17.9 Å². The molecule has 0 aliphatic carbocycles. The zero-order chi connectivity index (χ0) is 22.3. The predicted octanol–water partition coefficient (Wildman–Crippen LogP) is 3.13. The second kappa shape index (κ2) is 10.7. The Labute approximate surface area is 185 Å². The van der Waals surface area contributed by atoms with E-state index in [1.54, 1.807) is 24.3 Å². The van der Waals surface area contributed by atoms with Crippen LogP contribution in [0.15, 0.2) is 53.4 Å². The lowest BCUT2D eigenvalue weighted by Crippen LogP contribution is -2.36. The van der Waals surface area contributed by atoms with Crippen molar-refractivity contribution in [1.82, 2.24) is 4.31 Å².